The maximum atomic E-state index is 12.6. The number of benzene rings is 1. The molecule has 1 atom stereocenters. The summed E-state index contributed by atoms with van der Waals surface area (Å²) in [5.41, 5.74) is 0.433. The minimum Gasteiger partial charge on any atom is -0.396 e. The Morgan fingerprint density at radius 1 is 1.19 bits per heavy atom. The van der Waals surface area contributed by atoms with Crippen molar-refractivity contribution in [2.24, 2.45) is 0 Å². The zero-order chi connectivity index (χ0) is 12.0. The molecule has 1 aromatic carbocycles. The Morgan fingerprint density at radius 3 is 2.31 bits per heavy atom. The van der Waals surface area contributed by atoms with Crippen LogP contribution < -0.4 is 5.32 Å². The van der Waals surface area contributed by atoms with Gasteiger partial charge in [-0.1, -0.05) is 18.2 Å². The monoisotopic (exact) mass is 233 g/mol. The number of aliphatic hydroxyl groups excluding tert-OH is 1. The second kappa shape index (κ2) is 5.75. The molecule has 0 aliphatic rings. The maximum Gasteiger partial charge on any atom is 0.408 e. The van der Waals surface area contributed by atoms with Crippen molar-refractivity contribution in [3.63, 3.8) is 0 Å². The highest BCUT2D eigenvalue weighted by atomic mass is 19.4. The lowest BCUT2D eigenvalue weighted by atomic mass is 10.1. The molecule has 90 valence electrons. The van der Waals surface area contributed by atoms with Crippen LogP contribution in [-0.4, -0.2) is 23.9 Å². The van der Waals surface area contributed by atoms with E-state index in [2.05, 4.69) is 5.32 Å². The summed E-state index contributed by atoms with van der Waals surface area (Å²) in [6.45, 7) is -0.233. The van der Waals surface area contributed by atoms with E-state index in [0.717, 1.165) is 0 Å². The number of alkyl halides is 3. The lowest BCUT2D eigenvalue weighted by Gasteiger charge is -2.22. The van der Waals surface area contributed by atoms with Crippen LogP contribution >= 0.6 is 0 Å². The number of anilines is 1. The van der Waals surface area contributed by atoms with Crippen LogP contribution in [0.5, 0.6) is 0 Å². The molecule has 0 spiro atoms. The van der Waals surface area contributed by atoms with Gasteiger partial charge < -0.3 is 10.4 Å². The average molecular weight is 233 g/mol. The summed E-state index contributed by atoms with van der Waals surface area (Å²) < 4.78 is 37.8. The van der Waals surface area contributed by atoms with E-state index in [9.17, 15) is 13.2 Å². The Morgan fingerprint density at radius 2 is 1.81 bits per heavy atom. The summed E-state index contributed by atoms with van der Waals surface area (Å²) in [5.74, 6) is 0. The van der Waals surface area contributed by atoms with E-state index < -0.39 is 12.2 Å². The van der Waals surface area contributed by atoms with Gasteiger partial charge in [0, 0.05) is 12.3 Å². The fourth-order valence-corrected chi connectivity index (χ4v) is 1.35. The largest absolute Gasteiger partial charge is 0.408 e. The Labute approximate surface area is 92.1 Å². The van der Waals surface area contributed by atoms with E-state index in [1.165, 1.54) is 0 Å². The van der Waals surface area contributed by atoms with Gasteiger partial charge in [0.1, 0.15) is 6.04 Å². The zero-order valence-corrected chi connectivity index (χ0v) is 8.67. The number of rotatable bonds is 5. The molecule has 2 nitrogen and oxygen atoms in total. The first-order valence-electron chi connectivity index (χ1n) is 5.03. The summed E-state index contributed by atoms with van der Waals surface area (Å²) in [5, 5.41) is 11.0. The van der Waals surface area contributed by atoms with Gasteiger partial charge in [-0.15, -0.1) is 0 Å². The van der Waals surface area contributed by atoms with E-state index in [4.69, 9.17) is 5.11 Å². The van der Waals surface area contributed by atoms with Crippen molar-refractivity contribution in [1.82, 2.24) is 0 Å². The van der Waals surface area contributed by atoms with Crippen molar-refractivity contribution < 1.29 is 18.3 Å². The molecule has 0 fully saturated rings. The maximum absolute atomic E-state index is 12.6. The topological polar surface area (TPSA) is 32.3 Å². The quantitative estimate of drug-likeness (QED) is 0.819. The summed E-state index contributed by atoms with van der Waals surface area (Å²) in [6, 6.07) is 6.63. The van der Waals surface area contributed by atoms with Crippen LogP contribution in [-0.2, 0) is 0 Å². The lowest BCUT2D eigenvalue weighted by molar-refractivity contribution is -0.144. The molecule has 2 N–H and O–H groups in total. The van der Waals surface area contributed by atoms with Crippen LogP contribution in [0.2, 0.25) is 0 Å². The van der Waals surface area contributed by atoms with Crippen LogP contribution in [0.1, 0.15) is 12.8 Å². The minimum absolute atomic E-state index is 0.129. The highest BCUT2D eigenvalue weighted by Crippen LogP contribution is 2.26. The standard InChI is InChI=1S/C11H14F3NO/c12-11(13,14)10(7-4-8-16)15-9-5-2-1-3-6-9/h1-3,5-6,10,15-16H,4,7-8H2. The Bertz CT molecular complexity index is 300. The highest BCUT2D eigenvalue weighted by Gasteiger charge is 2.38. The molecule has 0 saturated heterocycles. The first-order chi connectivity index (χ1) is 7.54. The first kappa shape index (κ1) is 12.8. The predicted octanol–water partition coefficient (Wildman–Crippen LogP) is 2.80. The Hall–Kier alpha value is -1.23. The van der Waals surface area contributed by atoms with Crippen LogP contribution in [0, 0.1) is 0 Å². The second-order valence-corrected chi connectivity index (χ2v) is 3.47. The summed E-state index contributed by atoms with van der Waals surface area (Å²) in [4.78, 5) is 0. The normalized spacial score (nSPS) is 13.5. The third kappa shape index (κ3) is 4.10. The molecule has 0 radical (unpaired) electrons. The van der Waals surface area contributed by atoms with Crippen molar-refractivity contribution >= 4 is 5.69 Å². The van der Waals surface area contributed by atoms with Gasteiger partial charge in [0.15, 0.2) is 0 Å². The molecule has 1 aromatic rings. The van der Waals surface area contributed by atoms with Gasteiger partial charge in [-0.25, -0.2) is 0 Å². The summed E-state index contributed by atoms with van der Waals surface area (Å²) in [7, 11) is 0. The van der Waals surface area contributed by atoms with Gasteiger partial charge in [0.25, 0.3) is 0 Å². The third-order valence-corrected chi connectivity index (χ3v) is 2.16. The number of hydrogen-bond donors (Lipinski definition) is 2. The molecule has 1 rings (SSSR count). The number of nitrogens with one attached hydrogen (secondary N) is 1. The van der Waals surface area contributed by atoms with E-state index in [-0.39, 0.29) is 19.4 Å². The number of halogens is 3. The molecule has 0 amide bonds. The van der Waals surface area contributed by atoms with E-state index in [1.807, 2.05) is 0 Å². The molecule has 16 heavy (non-hydrogen) atoms. The molecule has 0 aromatic heterocycles. The summed E-state index contributed by atoms with van der Waals surface area (Å²) >= 11 is 0. The average Bonchev–Trinajstić information content (AvgIpc) is 2.24. The SMILES string of the molecule is OCCCC(Nc1ccccc1)C(F)(F)F. The molecular weight excluding hydrogens is 219 g/mol. The van der Waals surface area contributed by atoms with Crippen LogP contribution in [0.15, 0.2) is 30.3 Å². The van der Waals surface area contributed by atoms with Gasteiger partial charge in [0.2, 0.25) is 0 Å². The molecule has 0 aliphatic heterocycles. The van der Waals surface area contributed by atoms with E-state index >= 15 is 0 Å². The molecule has 0 saturated carbocycles. The van der Waals surface area contributed by atoms with Gasteiger partial charge >= 0.3 is 6.18 Å². The van der Waals surface area contributed by atoms with E-state index in [0.29, 0.717) is 5.69 Å². The fraction of sp³-hybridized carbons (Fsp3) is 0.455. The van der Waals surface area contributed by atoms with Crippen molar-refractivity contribution in [2.45, 2.75) is 25.1 Å². The van der Waals surface area contributed by atoms with Gasteiger partial charge in [-0.2, -0.15) is 13.2 Å². The predicted molar refractivity (Wildman–Crippen MR) is 56.2 cm³/mol. The summed E-state index contributed by atoms with van der Waals surface area (Å²) in [6.07, 6.45) is -4.30. The smallest absolute Gasteiger partial charge is 0.396 e. The number of aliphatic hydroxyl groups is 1. The van der Waals surface area contributed by atoms with Crippen molar-refractivity contribution in [3.05, 3.63) is 30.3 Å². The highest BCUT2D eigenvalue weighted by molar-refractivity contribution is 5.43. The van der Waals surface area contributed by atoms with E-state index in [1.54, 1.807) is 30.3 Å². The van der Waals surface area contributed by atoms with Crippen LogP contribution in [0.3, 0.4) is 0 Å². The van der Waals surface area contributed by atoms with Crippen molar-refractivity contribution in [1.29, 1.82) is 0 Å². The third-order valence-electron chi connectivity index (χ3n) is 2.16. The molecule has 0 bridgehead atoms. The van der Waals surface area contributed by atoms with Gasteiger partial charge in [-0.05, 0) is 25.0 Å². The zero-order valence-electron chi connectivity index (χ0n) is 8.67. The van der Waals surface area contributed by atoms with Gasteiger partial charge in [0.05, 0.1) is 0 Å². The molecular formula is C11H14F3NO. The van der Waals surface area contributed by atoms with Crippen molar-refractivity contribution in [2.75, 3.05) is 11.9 Å². The molecule has 1 unspecified atom stereocenters. The van der Waals surface area contributed by atoms with Crippen LogP contribution in [0.4, 0.5) is 18.9 Å². The number of para-hydroxylation sites is 1. The lowest BCUT2D eigenvalue weighted by Crippen LogP contribution is -2.36. The Balaban J connectivity index is 2.64. The first-order valence-corrected chi connectivity index (χ1v) is 5.03. The number of hydrogen-bond acceptors (Lipinski definition) is 2. The fourth-order valence-electron chi connectivity index (χ4n) is 1.35. The Kier molecular flexibility index (Phi) is 4.61. The minimum atomic E-state index is -4.30. The van der Waals surface area contributed by atoms with Crippen molar-refractivity contribution in [3.8, 4) is 0 Å². The molecule has 5 heteroatoms. The van der Waals surface area contributed by atoms with Gasteiger partial charge in [-0.3, -0.25) is 0 Å². The second-order valence-electron chi connectivity index (χ2n) is 3.47. The van der Waals surface area contributed by atoms with Crippen LogP contribution in [0.25, 0.3) is 0 Å². The molecule has 0 aliphatic carbocycles. The molecule has 0 heterocycles.